The average Bonchev–Trinajstić information content (AvgIpc) is 2.34. The summed E-state index contributed by atoms with van der Waals surface area (Å²) in [5, 5.41) is 19.4. The van der Waals surface area contributed by atoms with Gasteiger partial charge in [0.1, 0.15) is 12.4 Å². The third kappa shape index (κ3) is 3.50. The third-order valence-electron chi connectivity index (χ3n) is 2.58. The van der Waals surface area contributed by atoms with Crippen molar-refractivity contribution >= 4 is 17.6 Å². The molecule has 1 N–H and O–H groups in total. The Labute approximate surface area is 113 Å². The lowest BCUT2D eigenvalue weighted by Gasteiger charge is -2.24. The number of nitro benzene ring substituents is 1. The minimum atomic E-state index is -1.25. The third-order valence-corrected chi connectivity index (χ3v) is 2.58. The van der Waals surface area contributed by atoms with Crippen LogP contribution in [0.2, 0.25) is 0 Å². The van der Waals surface area contributed by atoms with Gasteiger partial charge in [-0.3, -0.25) is 19.7 Å². The van der Waals surface area contributed by atoms with Gasteiger partial charge in [-0.15, -0.1) is 0 Å². The number of carbonyl (C=O) groups excluding carboxylic acids is 1. The highest BCUT2D eigenvalue weighted by atomic mass is 19.1. The minimum Gasteiger partial charge on any atom is -0.480 e. The van der Waals surface area contributed by atoms with Crippen LogP contribution in [0.5, 0.6) is 0 Å². The molecule has 0 aliphatic carbocycles. The molecule has 0 radical (unpaired) electrons. The molecule has 0 saturated heterocycles. The highest BCUT2D eigenvalue weighted by molar-refractivity contribution is 5.96. The zero-order valence-corrected chi connectivity index (χ0v) is 10.9. The molecule has 8 heteroatoms. The van der Waals surface area contributed by atoms with Gasteiger partial charge in [0, 0.05) is 18.2 Å². The highest BCUT2D eigenvalue weighted by Crippen LogP contribution is 2.19. The van der Waals surface area contributed by atoms with Gasteiger partial charge < -0.3 is 10.0 Å². The summed E-state index contributed by atoms with van der Waals surface area (Å²) < 4.78 is 13.6. The summed E-state index contributed by atoms with van der Waals surface area (Å²) in [7, 11) is 0. The van der Waals surface area contributed by atoms with Crippen LogP contribution in [0.25, 0.3) is 0 Å². The van der Waals surface area contributed by atoms with Crippen LogP contribution in [0, 0.1) is 15.9 Å². The molecule has 0 aliphatic heterocycles. The van der Waals surface area contributed by atoms with Crippen LogP contribution < -0.4 is 0 Å². The smallest absolute Gasteiger partial charge is 0.323 e. The molecule has 0 bridgehead atoms. The van der Waals surface area contributed by atoms with Crippen molar-refractivity contribution in [2.24, 2.45) is 0 Å². The van der Waals surface area contributed by atoms with Gasteiger partial charge >= 0.3 is 5.97 Å². The number of carboxylic acid groups (broad SMARTS) is 1. The molecule has 1 aromatic carbocycles. The Hall–Kier alpha value is -2.51. The zero-order chi connectivity index (χ0) is 15.4. The van der Waals surface area contributed by atoms with Crippen LogP contribution in [0.3, 0.4) is 0 Å². The van der Waals surface area contributed by atoms with Crippen LogP contribution in [0.15, 0.2) is 18.2 Å². The van der Waals surface area contributed by atoms with Crippen molar-refractivity contribution in [2.45, 2.75) is 19.9 Å². The Kier molecular flexibility index (Phi) is 4.73. The van der Waals surface area contributed by atoms with E-state index < -0.39 is 46.5 Å². The second-order valence-corrected chi connectivity index (χ2v) is 4.34. The molecular formula is C12H13FN2O5. The Morgan fingerprint density at radius 3 is 2.50 bits per heavy atom. The van der Waals surface area contributed by atoms with Crippen LogP contribution in [-0.4, -0.2) is 39.4 Å². The number of benzene rings is 1. The second kappa shape index (κ2) is 6.09. The molecule has 0 aliphatic rings. The highest BCUT2D eigenvalue weighted by Gasteiger charge is 2.25. The number of non-ortho nitro benzene ring substituents is 1. The quantitative estimate of drug-likeness (QED) is 0.654. The molecule has 108 valence electrons. The van der Waals surface area contributed by atoms with E-state index in [0.717, 1.165) is 23.1 Å². The lowest BCUT2D eigenvalue weighted by Crippen LogP contribution is -2.41. The van der Waals surface area contributed by atoms with Crippen LogP contribution in [0.4, 0.5) is 10.1 Å². The minimum absolute atomic E-state index is 0.436. The first-order valence-corrected chi connectivity index (χ1v) is 5.70. The maximum atomic E-state index is 13.6. The summed E-state index contributed by atoms with van der Waals surface area (Å²) in [5.41, 5.74) is -0.956. The molecule has 0 atom stereocenters. The number of hydrogen-bond acceptors (Lipinski definition) is 4. The van der Waals surface area contributed by atoms with Gasteiger partial charge in [-0.1, -0.05) is 0 Å². The molecule has 7 nitrogen and oxygen atoms in total. The topological polar surface area (TPSA) is 101 Å². The molecule has 0 heterocycles. The predicted octanol–water partition coefficient (Wildman–Crippen LogP) is 1.67. The summed E-state index contributed by atoms with van der Waals surface area (Å²) in [6, 6.07) is 2.06. The van der Waals surface area contributed by atoms with Gasteiger partial charge in [0.25, 0.3) is 11.6 Å². The molecule has 1 aromatic rings. The van der Waals surface area contributed by atoms with Crippen molar-refractivity contribution in [3.05, 3.63) is 39.7 Å². The van der Waals surface area contributed by atoms with Gasteiger partial charge in [-0.2, -0.15) is 0 Å². The summed E-state index contributed by atoms with van der Waals surface area (Å²) in [6.45, 7) is 2.52. The Morgan fingerprint density at radius 2 is 2.05 bits per heavy atom. The fraction of sp³-hybridized carbons (Fsp3) is 0.333. The lowest BCUT2D eigenvalue weighted by atomic mass is 10.1. The van der Waals surface area contributed by atoms with E-state index in [1.807, 2.05) is 0 Å². The molecule has 20 heavy (non-hydrogen) atoms. The van der Waals surface area contributed by atoms with Crippen molar-refractivity contribution in [1.29, 1.82) is 0 Å². The monoisotopic (exact) mass is 284 g/mol. The van der Waals surface area contributed by atoms with Gasteiger partial charge in [0.15, 0.2) is 0 Å². The number of carbonyl (C=O) groups is 2. The zero-order valence-electron chi connectivity index (χ0n) is 10.9. The fourth-order valence-corrected chi connectivity index (χ4v) is 1.58. The Balaban J connectivity index is 3.20. The molecule has 0 unspecified atom stereocenters. The van der Waals surface area contributed by atoms with E-state index in [-0.39, 0.29) is 0 Å². The van der Waals surface area contributed by atoms with Crippen molar-refractivity contribution in [3.63, 3.8) is 0 Å². The van der Waals surface area contributed by atoms with Gasteiger partial charge in [-0.05, 0) is 19.9 Å². The molecule has 0 aromatic heterocycles. The molecule has 0 fully saturated rings. The van der Waals surface area contributed by atoms with E-state index in [9.17, 15) is 24.1 Å². The molecule has 0 spiro atoms. The van der Waals surface area contributed by atoms with Crippen molar-refractivity contribution in [2.75, 3.05) is 6.54 Å². The Morgan fingerprint density at radius 1 is 1.45 bits per heavy atom. The maximum Gasteiger partial charge on any atom is 0.323 e. The number of hydrogen-bond donors (Lipinski definition) is 1. The predicted molar refractivity (Wildman–Crippen MR) is 66.9 cm³/mol. The normalized spacial score (nSPS) is 10.4. The molecule has 0 saturated carbocycles. The fourth-order valence-electron chi connectivity index (χ4n) is 1.58. The van der Waals surface area contributed by atoms with E-state index in [0.29, 0.717) is 0 Å². The summed E-state index contributed by atoms with van der Waals surface area (Å²) in [5.74, 6) is -3.09. The number of aliphatic carboxylic acids is 1. The number of carboxylic acids is 1. The maximum absolute atomic E-state index is 13.6. The number of amides is 1. The van der Waals surface area contributed by atoms with Crippen LogP contribution >= 0.6 is 0 Å². The van der Waals surface area contributed by atoms with E-state index in [4.69, 9.17) is 5.11 Å². The molecular weight excluding hydrogens is 271 g/mol. The van der Waals surface area contributed by atoms with Crippen LogP contribution in [0.1, 0.15) is 24.2 Å². The number of nitro groups is 1. The second-order valence-electron chi connectivity index (χ2n) is 4.34. The van der Waals surface area contributed by atoms with E-state index in [1.54, 1.807) is 13.8 Å². The van der Waals surface area contributed by atoms with Gasteiger partial charge in [0.05, 0.1) is 10.5 Å². The van der Waals surface area contributed by atoms with E-state index >= 15 is 0 Å². The van der Waals surface area contributed by atoms with E-state index in [2.05, 4.69) is 0 Å². The average molecular weight is 284 g/mol. The van der Waals surface area contributed by atoms with E-state index in [1.165, 1.54) is 0 Å². The first kappa shape index (κ1) is 15.5. The summed E-state index contributed by atoms with van der Waals surface area (Å²) in [6.07, 6.45) is 0. The first-order valence-electron chi connectivity index (χ1n) is 5.70. The first-order chi connectivity index (χ1) is 9.23. The largest absolute Gasteiger partial charge is 0.480 e. The molecule has 1 amide bonds. The number of nitrogens with zero attached hydrogens (tertiary/aromatic N) is 2. The SMILES string of the molecule is CC(C)N(CC(=O)O)C(=O)c1cc([N+](=O)[O-])ccc1F. The van der Waals surface area contributed by atoms with Crippen molar-refractivity contribution < 1.29 is 24.0 Å². The summed E-state index contributed by atoms with van der Waals surface area (Å²) in [4.78, 5) is 33.6. The van der Waals surface area contributed by atoms with Gasteiger partial charge in [0.2, 0.25) is 0 Å². The molecule has 1 rings (SSSR count). The van der Waals surface area contributed by atoms with Crippen molar-refractivity contribution in [3.8, 4) is 0 Å². The van der Waals surface area contributed by atoms with Gasteiger partial charge in [-0.25, -0.2) is 4.39 Å². The Bertz CT molecular complexity index is 559. The van der Waals surface area contributed by atoms with Crippen molar-refractivity contribution in [1.82, 2.24) is 4.90 Å². The number of halogens is 1. The standard InChI is InChI=1S/C12H13FN2O5/c1-7(2)14(6-11(16)17)12(18)9-5-8(15(19)20)3-4-10(9)13/h3-5,7H,6H2,1-2H3,(H,16,17). The number of rotatable bonds is 5. The lowest BCUT2D eigenvalue weighted by molar-refractivity contribution is -0.384. The van der Waals surface area contributed by atoms with Crippen LogP contribution in [-0.2, 0) is 4.79 Å². The summed E-state index contributed by atoms with van der Waals surface area (Å²) >= 11 is 0.